The lowest BCUT2D eigenvalue weighted by atomic mass is 10.3. The van der Waals surface area contributed by atoms with Crippen LogP contribution in [0.15, 0.2) is 29.2 Å². The summed E-state index contributed by atoms with van der Waals surface area (Å²) in [7, 11) is -0.236. The largest absolute Gasteiger partial charge is 0.492 e. The number of hydrogen-bond donors (Lipinski definition) is 1. The Kier molecular flexibility index (Phi) is 5.83. The Morgan fingerprint density at radius 3 is 2.53 bits per heavy atom. The molecule has 5 nitrogen and oxygen atoms in total. The third-order valence-corrected chi connectivity index (χ3v) is 4.28. The van der Waals surface area contributed by atoms with Crippen molar-refractivity contribution in [1.29, 1.82) is 0 Å². The molecule has 0 fully saturated rings. The van der Waals surface area contributed by atoms with Gasteiger partial charge in [0.05, 0.1) is 11.4 Å². The number of ether oxygens (including phenoxy) is 1. The van der Waals surface area contributed by atoms with E-state index in [-0.39, 0.29) is 11.4 Å². The molecular formula is C13H18N2O3S. The lowest BCUT2D eigenvalue weighted by molar-refractivity contribution is 0.318. The number of likely N-dealkylation sites (N-methyl/N-ethyl adjacent to an activating group) is 1. The van der Waals surface area contributed by atoms with Crippen LogP contribution >= 0.6 is 0 Å². The van der Waals surface area contributed by atoms with Gasteiger partial charge in [-0.3, -0.25) is 0 Å². The van der Waals surface area contributed by atoms with Gasteiger partial charge >= 0.3 is 0 Å². The molecule has 0 radical (unpaired) electrons. The fourth-order valence-corrected chi connectivity index (χ4v) is 2.46. The lowest BCUT2D eigenvalue weighted by Gasteiger charge is -2.14. The first-order valence-electron chi connectivity index (χ1n) is 5.79. The third kappa shape index (κ3) is 4.24. The molecule has 0 aromatic heterocycles. The van der Waals surface area contributed by atoms with Gasteiger partial charge in [0.1, 0.15) is 12.4 Å². The van der Waals surface area contributed by atoms with Crippen LogP contribution in [-0.2, 0) is 10.0 Å². The first kappa shape index (κ1) is 15.5. The summed E-state index contributed by atoms with van der Waals surface area (Å²) in [5, 5.41) is 2.96. The molecule has 0 spiro atoms. The molecule has 0 heterocycles. The fraction of sp³-hybridized carbons (Fsp3) is 0.385. The summed E-state index contributed by atoms with van der Waals surface area (Å²) < 4.78 is 30.7. The smallest absolute Gasteiger partial charge is 0.243 e. The molecule has 6 heteroatoms. The van der Waals surface area contributed by atoms with Crippen LogP contribution in [0.25, 0.3) is 0 Å². The molecule has 1 rings (SSSR count). The van der Waals surface area contributed by atoms with E-state index in [1.807, 2.05) is 7.05 Å². The second-order valence-electron chi connectivity index (χ2n) is 3.89. The predicted molar refractivity (Wildman–Crippen MR) is 74.5 cm³/mol. The van der Waals surface area contributed by atoms with Crippen LogP contribution in [0.2, 0.25) is 0 Å². The zero-order valence-corrected chi connectivity index (χ0v) is 11.9. The van der Waals surface area contributed by atoms with Gasteiger partial charge in [-0.05, 0) is 31.3 Å². The predicted octanol–water partition coefficient (Wildman–Crippen LogP) is 0.539. The van der Waals surface area contributed by atoms with E-state index in [4.69, 9.17) is 11.2 Å². The number of sulfonamides is 1. The summed E-state index contributed by atoms with van der Waals surface area (Å²) in [6.45, 7) is 1.30. The van der Waals surface area contributed by atoms with Crippen molar-refractivity contribution in [2.75, 3.05) is 33.8 Å². The number of terminal acetylenes is 1. The summed E-state index contributed by atoms with van der Waals surface area (Å²) >= 11 is 0. The molecule has 0 aliphatic carbocycles. The highest BCUT2D eigenvalue weighted by atomic mass is 32.2. The summed E-state index contributed by atoms with van der Waals surface area (Å²) in [5.74, 6) is 2.94. The van der Waals surface area contributed by atoms with Gasteiger partial charge < -0.3 is 10.1 Å². The molecule has 0 atom stereocenters. The molecule has 0 aliphatic heterocycles. The SMILES string of the molecule is C#CCN(C)S(=O)(=O)c1ccc(OCCNC)cc1. The molecule has 0 bridgehead atoms. The number of benzene rings is 1. The molecular weight excluding hydrogens is 264 g/mol. The Bertz CT molecular complexity index is 532. The minimum Gasteiger partial charge on any atom is -0.492 e. The molecule has 0 unspecified atom stereocenters. The van der Waals surface area contributed by atoms with Gasteiger partial charge in [-0.25, -0.2) is 8.42 Å². The topological polar surface area (TPSA) is 58.6 Å². The van der Waals surface area contributed by atoms with Crippen molar-refractivity contribution in [3.8, 4) is 18.1 Å². The maximum atomic E-state index is 12.1. The van der Waals surface area contributed by atoms with Gasteiger partial charge in [0.15, 0.2) is 0 Å². The summed E-state index contributed by atoms with van der Waals surface area (Å²) in [4.78, 5) is 0.200. The molecule has 104 valence electrons. The van der Waals surface area contributed by atoms with Gasteiger partial charge in [-0.2, -0.15) is 4.31 Å². The quantitative estimate of drug-likeness (QED) is 0.586. The summed E-state index contributed by atoms with van der Waals surface area (Å²) in [5.41, 5.74) is 0. The van der Waals surface area contributed by atoms with Crippen LogP contribution in [-0.4, -0.2) is 46.5 Å². The van der Waals surface area contributed by atoms with Crippen molar-refractivity contribution in [3.63, 3.8) is 0 Å². The average molecular weight is 282 g/mol. The van der Waals surface area contributed by atoms with Crippen LogP contribution in [0.3, 0.4) is 0 Å². The Labute approximate surface area is 114 Å². The summed E-state index contributed by atoms with van der Waals surface area (Å²) in [6, 6.07) is 6.28. The van der Waals surface area contributed by atoms with Crippen LogP contribution in [0.5, 0.6) is 5.75 Å². The van der Waals surface area contributed by atoms with Crippen LogP contribution in [0, 0.1) is 12.3 Å². The van der Waals surface area contributed by atoms with E-state index in [0.29, 0.717) is 12.4 Å². The molecule has 1 aromatic carbocycles. The third-order valence-electron chi connectivity index (χ3n) is 2.47. The lowest BCUT2D eigenvalue weighted by Crippen LogP contribution is -2.27. The Balaban J connectivity index is 2.78. The van der Waals surface area contributed by atoms with Crippen LogP contribution in [0.4, 0.5) is 0 Å². The van der Waals surface area contributed by atoms with Gasteiger partial charge in [-0.1, -0.05) is 5.92 Å². The minimum atomic E-state index is -3.52. The average Bonchev–Trinajstić information content (AvgIpc) is 2.40. The molecule has 1 aromatic rings. The zero-order valence-electron chi connectivity index (χ0n) is 11.1. The van der Waals surface area contributed by atoms with E-state index in [1.165, 1.54) is 19.2 Å². The number of nitrogens with zero attached hydrogens (tertiary/aromatic N) is 1. The Hall–Kier alpha value is -1.55. The normalized spacial score (nSPS) is 11.3. The molecule has 0 aliphatic rings. The number of hydrogen-bond acceptors (Lipinski definition) is 4. The van der Waals surface area contributed by atoms with Crippen molar-refractivity contribution >= 4 is 10.0 Å². The van der Waals surface area contributed by atoms with Gasteiger partial charge in [0, 0.05) is 13.6 Å². The van der Waals surface area contributed by atoms with Crippen molar-refractivity contribution in [3.05, 3.63) is 24.3 Å². The highest BCUT2D eigenvalue weighted by Gasteiger charge is 2.19. The van der Waals surface area contributed by atoms with Crippen molar-refractivity contribution in [2.24, 2.45) is 0 Å². The molecule has 0 saturated carbocycles. The molecule has 0 amide bonds. The van der Waals surface area contributed by atoms with E-state index in [0.717, 1.165) is 10.8 Å². The van der Waals surface area contributed by atoms with Crippen LogP contribution in [0.1, 0.15) is 0 Å². The minimum absolute atomic E-state index is 0.0444. The standard InChI is InChI=1S/C13H18N2O3S/c1-4-10-15(3)19(16,17)13-7-5-12(6-8-13)18-11-9-14-2/h1,5-8,14H,9-11H2,2-3H3. The Morgan fingerprint density at radius 1 is 1.37 bits per heavy atom. The first-order chi connectivity index (χ1) is 9.02. The highest BCUT2D eigenvalue weighted by Crippen LogP contribution is 2.18. The second kappa shape index (κ2) is 7.14. The Morgan fingerprint density at radius 2 is 2.00 bits per heavy atom. The maximum Gasteiger partial charge on any atom is 0.243 e. The number of rotatable bonds is 7. The first-order valence-corrected chi connectivity index (χ1v) is 7.23. The molecule has 1 N–H and O–H groups in total. The van der Waals surface area contributed by atoms with E-state index < -0.39 is 10.0 Å². The van der Waals surface area contributed by atoms with Gasteiger partial charge in [0.2, 0.25) is 10.0 Å². The monoisotopic (exact) mass is 282 g/mol. The van der Waals surface area contributed by atoms with Crippen molar-refractivity contribution < 1.29 is 13.2 Å². The zero-order chi connectivity index (χ0) is 14.3. The second-order valence-corrected chi connectivity index (χ2v) is 5.93. The highest BCUT2D eigenvalue weighted by molar-refractivity contribution is 7.89. The van der Waals surface area contributed by atoms with E-state index in [2.05, 4.69) is 11.2 Å². The van der Waals surface area contributed by atoms with E-state index >= 15 is 0 Å². The maximum absolute atomic E-state index is 12.1. The van der Waals surface area contributed by atoms with E-state index in [9.17, 15) is 8.42 Å². The van der Waals surface area contributed by atoms with Gasteiger partial charge in [-0.15, -0.1) is 6.42 Å². The molecule has 19 heavy (non-hydrogen) atoms. The number of nitrogens with one attached hydrogen (secondary N) is 1. The van der Waals surface area contributed by atoms with Crippen molar-refractivity contribution in [2.45, 2.75) is 4.90 Å². The molecule has 0 saturated heterocycles. The van der Waals surface area contributed by atoms with Crippen LogP contribution < -0.4 is 10.1 Å². The van der Waals surface area contributed by atoms with Crippen molar-refractivity contribution in [1.82, 2.24) is 9.62 Å². The van der Waals surface area contributed by atoms with Gasteiger partial charge in [0.25, 0.3) is 0 Å². The summed E-state index contributed by atoms with van der Waals surface area (Å²) in [6.07, 6.45) is 5.11. The fourth-order valence-electron chi connectivity index (χ4n) is 1.37. The van der Waals surface area contributed by atoms with E-state index in [1.54, 1.807) is 12.1 Å².